The van der Waals surface area contributed by atoms with Gasteiger partial charge in [-0.15, -0.1) is 0 Å². The number of carboxylic acid groups (broad SMARTS) is 4. The summed E-state index contributed by atoms with van der Waals surface area (Å²) in [5, 5.41) is 47.0. The van der Waals surface area contributed by atoms with Gasteiger partial charge in [-0.3, -0.25) is 58.0 Å². The number of aliphatic carboxylic acids is 4. The highest BCUT2D eigenvalue weighted by atomic mass is 19.2. The number of benzene rings is 1. The number of nitrogens with zero attached hydrogens (tertiary/aromatic N) is 4. The second kappa shape index (κ2) is 33.5. The lowest BCUT2D eigenvalue weighted by Crippen LogP contribution is -2.52. The predicted molar refractivity (Wildman–Crippen MR) is 258 cm³/mol. The number of carboxylic acids is 4. The maximum absolute atomic E-state index is 14.1. The standard InChI is InChI=1S/C48H75F4N7O16/c1-47(2,30-74-31-48(3,4)26-41(68)75-44-42(51)32(49)24-33(50)43(44)52)25-37(61)55-34(45(69)54-12-21-73-23-22-72-5)8-6-7-11-53-36(60)10-9-35(46(70)71)59-19-17-57(28-39(64)65)15-13-56(27-38(62)63)14-16-58(18-20-59)29-40(66)67/h24,34-35H,6-23,25-31H2,1-5H3,(H,53,60)(H,54,69)(H,55,61)(H,62,63)(H,64,65)(H,66,67)(H,70,71)/t34-,35?/m1/s1. The third-order valence-electron chi connectivity index (χ3n) is 11.7. The zero-order valence-electron chi connectivity index (χ0n) is 43.4. The van der Waals surface area contributed by atoms with Crippen molar-refractivity contribution in [3.05, 3.63) is 29.3 Å². The van der Waals surface area contributed by atoms with E-state index in [1.54, 1.807) is 47.3 Å². The Labute approximate surface area is 433 Å². The summed E-state index contributed by atoms with van der Waals surface area (Å²) in [4.78, 5) is 106. The van der Waals surface area contributed by atoms with Crippen LogP contribution in [-0.2, 0) is 52.6 Å². The molecule has 3 amide bonds. The van der Waals surface area contributed by atoms with Crippen LogP contribution in [0.2, 0.25) is 0 Å². The van der Waals surface area contributed by atoms with Crippen molar-refractivity contribution in [1.82, 2.24) is 35.6 Å². The number of methoxy groups -OCH3 is 1. The van der Waals surface area contributed by atoms with Gasteiger partial charge in [0.25, 0.3) is 0 Å². The molecule has 75 heavy (non-hydrogen) atoms. The number of nitrogens with one attached hydrogen (secondary N) is 3. The second-order valence-corrected chi connectivity index (χ2v) is 19.7. The molecular formula is C48H75F4N7O16. The molecule has 2 rings (SSSR count). The van der Waals surface area contributed by atoms with Crippen LogP contribution >= 0.6 is 0 Å². The molecule has 1 heterocycles. The topological polar surface area (TPSA) is 303 Å². The van der Waals surface area contributed by atoms with Crippen molar-refractivity contribution in [2.24, 2.45) is 10.8 Å². The fourth-order valence-electron chi connectivity index (χ4n) is 7.88. The second-order valence-electron chi connectivity index (χ2n) is 19.7. The largest absolute Gasteiger partial charge is 0.480 e. The molecule has 1 aliphatic heterocycles. The van der Waals surface area contributed by atoms with E-state index >= 15 is 0 Å². The minimum absolute atomic E-state index is 0.0170. The molecule has 2 atom stereocenters. The molecule has 1 aromatic rings. The zero-order valence-corrected chi connectivity index (χ0v) is 43.4. The van der Waals surface area contributed by atoms with Gasteiger partial charge in [0.2, 0.25) is 35.1 Å². The Hall–Kier alpha value is -5.58. The summed E-state index contributed by atoms with van der Waals surface area (Å²) >= 11 is 0. The Morgan fingerprint density at radius 2 is 1.13 bits per heavy atom. The van der Waals surface area contributed by atoms with Crippen LogP contribution in [0.4, 0.5) is 17.6 Å². The maximum Gasteiger partial charge on any atom is 0.320 e. The minimum Gasteiger partial charge on any atom is -0.480 e. The van der Waals surface area contributed by atoms with Crippen molar-refractivity contribution in [2.45, 2.75) is 84.7 Å². The first-order chi connectivity index (χ1) is 35.2. The third-order valence-corrected chi connectivity index (χ3v) is 11.7. The number of hydrogen-bond donors (Lipinski definition) is 7. The Morgan fingerprint density at radius 3 is 1.63 bits per heavy atom. The minimum atomic E-state index is -1.86. The first-order valence-corrected chi connectivity index (χ1v) is 24.5. The van der Waals surface area contributed by atoms with E-state index in [9.17, 15) is 76.3 Å². The number of carbonyl (C=O) groups excluding carboxylic acids is 4. The number of amides is 3. The molecule has 1 unspecified atom stereocenters. The molecule has 23 nitrogen and oxygen atoms in total. The van der Waals surface area contributed by atoms with Crippen LogP contribution in [-0.4, -0.2) is 225 Å². The molecule has 7 N–H and O–H groups in total. The number of halogens is 4. The van der Waals surface area contributed by atoms with E-state index in [2.05, 4.69) is 20.7 Å². The van der Waals surface area contributed by atoms with E-state index < -0.39 is 119 Å². The number of ether oxygens (including phenoxy) is 4. The van der Waals surface area contributed by atoms with Gasteiger partial charge in [0.15, 0.2) is 11.6 Å². The van der Waals surface area contributed by atoms with Crippen LogP contribution < -0.4 is 20.7 Å². The van der Waals surface area contributed by atoms with Gasteiger partial charge < -0.3 is 55.3 Å². The number of rotatable bonds is 33. The highest BCUT2D eigenvalue weighted by Crippen LogP contribution is 2.30. The van der Waals surface area contributed by atoms with Crippen LogP contribution in [0.5, 0.6) is 5.75 Å². The van der Waals surface area contributed by atoms with Gasteiger partial charge in [-0.1, -0.05) is 27.7 Å². The highest BCUT2D eigenvalue weighted by Gasteiger charge is 2.32. The van der Waals surface area contributed by atoms with E-state index in [0.717, 1.165) is 0 Å². The third kappa shape index (κ3) is 27.2. The van der Waals surface area contributed by atoms with Crippen molar-refractivity contribution in [1.29, 1.82) is 0 Å². The van der Waals surface area contributed by atoms with Gasteiger partial charge in [-0.25, -0.2) is 8.78 Å². The lowest BCUT2D eigenvalue weighted by atomic mass is 9.88. The van der Waals surface area contributed by atoms with Crippen LogP contribution in [0.25, 0.3) is 0 Å². The summed E-state index contributed by atoms with van der Waals surface area (Å²) in [6.07, 6.45) is -0.0942. The lowest BCUT2D eigenvalue weighted by Gasteiger charge is -2.35. The Balaban J connectivity index is 2.01. The van der Waals surface area contributed by atoms with Crippen molar-refractivity contribution in [3.8, 4) is 5.75 Å². The molecule has 1 aliphatic rings. The average Bonchev–Trinajstić information content (AvgIpc) is 3.29. The summed E-state index contributed by atoms with van der Waals surface area (Å²) in [6.45, 7) is 7.24. The van der Waals surface area contributed by atoms with Crippen molar-refractivity contribution < 1.29 is 95.3 Å². The molecule has 1 aromatic carbocycles. The summed E-state index contributed by atoms with van der Waals surface area (Å²) in [5.41, 5.74) is -1.83. The van der Waals surface area contributed by atoms with Crippen LogP contribution in [0.1, 0.15) is 72.6 Å². The summed E-state index contributed by atoms with van der Waals surface area (Å²) < 4.78 is 76.1. The van der Waals surface area contributed by atoms with Crippen molar-refractivity contribution >= 4 is 47.6 Å². The molecule has 0 spiro atoms. The van der Waals surface area contributed by atoms with Gasteiger partial charge >= 0.3 is 29.8 Å². The fourth-order valence-corrected chi connectivity index (χ4v) is 7.88. The maximum atomic E-state index is 14.1. The highest BCUT2D eigenvalue weighted by molar-refractivity contribution is 5.87. The number of carbonyl (C=O) groups is 8. The molecule has 0 aliphatic carbocycles. The van der Waals surface area contributed by atoms with Gasteiger partial charge in [0, 0.05) is 91.5 Å². The number of unbranched alkanes of at least 4 members (excludes halogenated alkanes) is 1. The number of esters is 1. The molecular weight excluding hydrogens is 1010 g/mol. The summed E-state index contributed by atoms with van der Waals surface area (Å²) in [5.74, 6) is -16.0. The average molecular weight is 1080 g/mol. The van der Waals surface area contributed by atoms with Crippen molar-refractivity contribution in [2.75, 3.05) is 125 Å². The molecule has 0 saturated carbocycles. The van der Waals surface area contributed by atoms with E-state index in [1.165, 1.54) is 7.11 Å². The summed E-state index contributed by atoms with van der Waals surface area (Å²) in [7, 11) is 1.51. The lowest BCUT2D eigenvalue weighted by molar-refractivity contribution is -0.145. The Bertz CT molecular complexity index is 2000. The molecule has 1 saturated heterocycles. The molecule has 1 fully saturated rings. The SMILES string of the molecule is COCCOCCNC(=O)[C@@H](CCCCNC(=O)CCC(C(=O)O)N1CCN(CC(=O)O)CCN(CC(=O)O)CCN(CC(=O)O)CC1)NC(=O)CC(C)(C)COCC(C)(C)CC(=O)Oc1c(F)c(F)cc(F)c1F. The Kier molecular flexibility index (Phi) is 29.2. The van der Waals surface area contributed by atoms with E-state index in [-0.39, 0.29) is 124 Å². The molecule has 0 aromatic heterocycles. The molecule has 27 heteroatoms. The first-order valence-electron chi connectivity index (χ1n) is 24.5. The van der Waals surface area contributed by atoms with Gasteiger partial charge in [0.05, 0.1) is 59.1 Å². The first kappa shape index (κ1) is 65.5. The van der Waals surface area contributed by atoms with Gasteiger partial charge in [0.1, 0.15) is 12.1 Å². The molecule has 0 bridgehead atoms. The molecule has 0 radical (unpaired) electrons. The van der Waals surface area contributed by atoms with E-state index in [0.29, 0.717) is 26.1 Å². The normalized spacial score (nSPS) is 15.7. The quantitative estimate of drug-likeness (QED) is 0.0171. The van der Waals surface area contributed by atoms with Crippen LogP contribution in [0, 0.1) is 34.1 Å². The summed E-state index contributed by atoms with van der Waals surface area (Å²) in [6, 6.07) is -2.23. The van der Waals surface area contributed by atoms with Crippen molar-refractivity contribution in [3.63, 3.8) is 0 Å². The monoisotopic (exact) mass is 1080 g/mol. The smallest absolute Gasteiger partial charge is 0.320 e. The van der Waals surface area contributed by atoms with Crippen LogP contribution in [0.15, 0.2) is 6.07 Å². The van der Waals surface area contributed by atoms with E-state index in [4.69, 9.17) is 14.2 Å². The fraction of sp³-hybridized carbons (Fsp3) is 0.708. The van der Waals surface area contributed by atoms with E-state index in [1.807, 2.05) is 0 Å². The van der Waals surface area contributed by atoms with Crippen LogP contribution in [0.3, 0.4) is 0 Å². The zero-order chi connectivity index (χ0) is 56.3. The molecule has 426 valence electrons. The van der Waals surface area contributed by atoms with Gasteiger partial charge in [-0.2, -0.15) is 8.78 Å². The Morgan fingerprint density at radius 1 is 0.627 bits per heavy atom. The predicted octanol–water partition coefficient (Wildman–Crippen LogP) is 1.26. The van der Waals surface area contributed by atoms with Gasteiger partial charge in [-0.05, 0) is 36.5 Å². The number of hydrogen-bond acceptors (Lipinski definition) is 16.